The summed E-state index contributed by atoms with van der Waals surface area (Å²) in [6.07, 6.45) is 4.80. The summed E-state index contributed by atoms with van der Waals surface area (Å²) in [7, 11) is 0. The van der Waals surface area contributed by atoms with E-state index in [9.17, 15) is 9.59 Å². The van der Waals surface area contributed by atoms with E-state index in [4.69, 9.17) is 14.0 Å². The Bertz CT molecular complexity index is 765. The van der Waals surface area contributed by atoms with Crippen LogP contribution in [-0.4, -0.2) is 48.3 Å². The van der Waals surface area contributed by atoms with Gasteiger partial charge in [-0.15, -0.1) is 0 Å². The van der Waals surface area contributed by atoms with Crippen LogP contribution in [0, 0.1) is 5.92 Å². The van der Waals surface area contributed by atoms with Gasteiger partial charge in [-0.05, 0) is 36.6 Å². The van der Waals surface area contributed by atoms with Gasteiger partial charge in [-0.2, -0.15) is 0 Å². The number of benzene rings is 1. The van der Waals surface area contributed by atoms with Gasteiger partial charge in [-0.25, -0.2) is 0 Å². The van der Waals surface area contributed by atoms with E-state index in [0.29, 0.717) is 16.9 Å². The van der Waals surface area contributed by atoms with Crippen LogP contribution in [0.25, 0.3) is 0 Å². The molecule has 30 heavy (non-hydrogen) atoms. The van der Waals surface area contributed by atoms with E-state index in [0.717, 1.165) is 37.7 Å². The fourth-order valence-electron chi connectivity index (χ4n) is 6.16. The number of carbonyl (C=O) groups excluding carboxylic acids is 2. The number of hydrogen-bond donors (Lipinski definition) is 0. The van der Waals surface area contributed by atoms with E-state index < -0.39 is 6.69 Å². The number of fused-ring (bicyclic) bond motifs is 1. The topological polar surface area (TPSA) is 61.8 Å². The molecule has 0 radical (unpaired) electrons. The third kappa shape index (κ3) is 3.56. The lowest BCUT2D eigenvalue weighted by Gasteiger charge is -2.52. The Morgan fingerprint density at radius 3 is 2.40 bits per heavy atom. The largest absolute Gasteiger partial charge is 0.600 e. The quantitative estimate of drug-likeness (QED) is 0.604. The lowest BCUT2D eigenvalue weighted by atomic mass is 9.53. The SMILES string of the molecule is CC[C@@H](C)C[C@H](C)[B-]12OC(=O)C[N+]1(C1CCC[C@@H]1OCc1ccccc1)CC(=O)O2. The van der Waals surface area contributed by atoms with Crippen LogP contribution in [0.1, 0.15) is 58.4 Å². The van der Waals surface area contributed by atoms with Gasteiger partial charge in [0, 0.05) is 0 Å². The van der Waals surface area contributed by atoms with Crippen LogP contribution in [0.4, 0.5) is 0 Å². The zero-order valence-electron chi connectivity index (χ0n) is 18.4. The number of ether oxygens (including phenoxy) is 1. The molecule has 4 atom stereocenters. The van der Waals surface area contributed by atoms with Crippen molar-refractivity contribution in [1.29, 1.82) is 0 Å². The van der Waals surface area contributed by atoms with Crippen molar-refractivity contribution in [3.63, 3.8) is 0 Å². The first-order chi connectivity index (χ1) is 14.4. The molecule has 1 unspecified atom stereocenters. The maximum absolute atomic E-state index is 12.6. The van der Waals surface area contributed by atoms with Gasteiger partial charge in [0.15, 0.2) is 0 Å². The van der Waals surface area contributed by atoms with Crippen molar-refractivity contribution in [3.8, 4) is 0 Å². The van der Waals surface area contributed by atoms with Crippen molar-refractivity contribution in [3.05, 3.63) is 35.9 Å². The molecule has 3 fully saturated rings. The van der Waals surface area contributed by atoms with Crippen LogP contribution in [0.15, 0.2) is 30.3 Å². The van der Waals surface area contributed by atoms with Crippen LogP contribution in [-0.2, 0) is 30.2 Å². The van der Waals surface area contributed by atoms with Gasteiger partial charge < -0.3 is 18.4 Å². The summed E-state index contributed by atoms with van der Waals surface area (Å²) in [5.74, 6) is -0.0156. The van der Waals surface area contributed by atoms with E-state index in [1.54, 1.807) is 0 Å². The maximum atomic E-state index is 12.6. The molecule has 1 saturated carbocycles. The Morgan fingerprint density at radius 1 is 1.10 bits per heavy atom. The van der Waals surface area contributed by atoms with Crippen LogP contribution in [0.5, 0.6) is 0 Å². The summed E-state index contributed by atoms with van der Waals surface area (Å²) < 4.78 is 18.6. The molecule has 0 spiro atoms. The van der Waals surface area contributed by atoms with E-state index >= 15 is 0 Å². The summed E-state index contributed by atoms with van der Waals surface area (Å²) >= 11 is 0. The average Bonchev–Trinajstić information content (AvgIpc) is 3.37. The lowest BCUT2D eigenvalue weighted by Crippen LogP contribution is -2.70. The molecule has 0 N–H and O–H groups in total. The number of quaternary nitrogens is 1. The zero-order chi connectivity index (χ0) is 21.4. The van der Waals surface area contributed by atoms with E-state index in [1.165, 1.54) is 0 Å². The molecule has 3 aliphatic rings. The molecule has 1 aromatic carbocycles. The standard InChI is InChI=1S/C23H34BNO5/c1-4-17(2)13-18(3)24-25(14-22(26)29-24,15-23(27)30-24)20-11-8-12-21(20)28-16-19-9-6-5-7-10-19/h5-7,9-10,17-18,20-21H,4,8,11-16H2,1-3H3/t17-,18+,20?,21+,24?,25?/m1/s1. The van der Waals surface area contributed by atoms with Crippen molar-refractivity contribution < 1.29 is 28.0 Å². The first-order valence-electron chi connectivity index (χ1n) is 11.5. The molecule has 2 saturated heterocycles. The monoisotopic (exact) mass is 415 g/mol. The predicted molar refractivity (Wildman–Crippen MR) is 114 cm³/mol. The van der Waals surface area contributed by atoms with Crippen molar-refractivity contribution in [2.45, 2.75) is 77.4 Å². The maximum Gasteiger partial charge on any atom is 0.587 e. The first kappa shape index (κ1) is 21.4. The summed E-state index contributed by atoms with van der Waals surface area (Å²) in [5, 5.41) is 0. The minimum atomic E-state index is -2.07. The fraction of sp³-hybridized carbons (Fsp3) is 0.652. The second-order valence-corrected chi connectivity index (χ2v) is 9.69. The minimum absolute atomic E-state index is 0.00627. The summed E-state index contributed by atoms with van der Waals surface area (Å²) in [6.45, 7) is 5.35. The molecule has 7 heteroatoms. The van der Waals surface area contributed by atoms with Crippen LogP contribution >= 0.6 is 0 Å². The van der Waals surface area contributed by atoms with Crippen LogP contribution in [0.3, 0.4) is 0 Å². The normalized spacial score (nSPS) is 35.0. The van der Waals surface area contributed by atoms with Crippen molar-refractivity contribution in [2.75, 3.05) is 13.1 Å². The van der Waals surface area contributed by atoms with Gasteiger partial charge in [0.25, 0.3) is 0 Å². The van der Waals surface area contributed by atoms with Crippen molar-refractivity contribution >= 4 is 18.6 Å². The van der Waals surface area contributed by atoms with E-state index in [1.807, 2.05) is 18.2 Å². The molecule has 0 aromatic heterocycles. The zero-order valence-corrected chi connectivity index (χ0v) is 18.4. The lowest BCUT2D eigenvalue weighted by molar-refractivity contribution is -0.846. The third-order valence-electron chi connectivity index (χ3n) is 7.74. The smallest absolute Gasteiger partial charge is 0.587 e. The van der Waals surface area contributed by atoms with Crippen LogP contribution < -0.4 is 0 Å². The molecule has 164 valence electrons. The Balaban J connectivity index is 1.61. The highest BCUT2D eigenvalue weighted by Gasteiger charge is 2.72. The van der Waals surface area contributed by atoms with Gasteiger partial charge in [-0.1, -0.05) is 63.9 Å². The summed E-state index contributed by atoms with van der Waals surface area (Å²) in [6, 6.07) is 10.2. The Kier molecular flexibility index (Phi) is 5.95. The molecule has 2 aliphatic heterocycles. The molecular formula is C23H34BNO5. The second kappa shape index (κ2) is 8.35. The third-order valence-corrected chi connectivity index (χ3v) is 7.74. The highest BCUT2D eigenvalue weighted by atomic mass is 16.7. The Hall–Kier alpha value is -1.86. The van der Waals surface area contributed by atoms with Crippen molar-refractivity contribution in [1.82, 2.24) is 0 Å². The van der Waals surface area contributed by atoms with Gasteiger partial charge in [0.2, 0.25) is 0 Å². The highest BCUT2D eigenvalue weighted by Crippen LogP contribution is 2.50. The number of hydrogen-bond acceptors (Lipinski definition) is 5. The molecule has 1 aliphatic carbocycles. The Morgan fingerprint density at radius 2 is 1.77 bits per heavy atom. The van der Waals surface area contributed by atoms with Crippen molar-refractivity contribution in [2.24, 2.45) is 5.92 Å². The predicted octanol–water partition coefficient (Wildman–Crippen LogP) is 3.82. The number of nitrogens with zero attached hydrogens (tertiary/aromatic N) is 1. The van der Waals surface area contributed by atoms with Gasteiger partial charge in [-0.3, -0.25) is 9.59 Å². The molecule has 1 aromatic rings. The van der Waals surface area contributed by atoms with Gasteiger partial charge in [0.05, 0.1) is 12.6 Å². The van der Waals surface area contributed by atoms with Gasteiger partial charge in [0.1, 0.15) is 19.2 Å². The number of rotatable bonds is 8. The Labute approximate surface area is 179 Å². The van der Waals surface area contributed by atoms with E-state index in [2.05, 4.69) is 32.9 Å². The summed E-state index contributed by atoms with van der Waals surface area (Å²) in [4.78, 5) is 25.2. The van der Waals surface area contributed by atoms with Gasteiger partial charge >= 0.3 is 18.6 Å². The molecular weight excluding hydrogens is 381 g/mol. The number of carbonyl (C=O) groups is 2. The molecule has 2 heterocycles. The first-order valence-corrected chi connectivity index (χ1v) is 11.5. The molecule has 0 bridgehead atoms. The molecule has 4 rings (SSSR count). The molecule has 0 amide bonds. The fourth-order valence-corrected chi connectivity index (χ4v) is 6.16. The van der Waals surface area contributed by atoms with Crippen LogP contribution in [0.2, 0.25) is 5.82 Å². The average molecular weight is 415 g/mol. The van der Waals surface area contributed by atoms with E-state index in [-0.39, 0.29) is 43.0 Å². The minimum Gasteiger partial charge on any atom is -0.600 e. The summed E-state index contributed by atoms with van der Waals surface area (Å²) in [5.41, 5.74) is 1.13. The highest BCUT2D eigenvalue weighted by molar-refractivity contribution is 6.67. The second-order valence-electron chi connectivity index (χ2n) is 9.69. The molecule has 6 nitrogen and oxygen atoms in total.